The van der Waals surface area contributed by atoms with Gasteiger partial charge in [-0.05, 0) is 51.3 Å². The summed E-state index contributed by atoms with van der Waals surface area (Å²) in [6.45, 7) is 5.69. The second kappa shape index (κ2) is 6.94. The van der Waals surface area contributed by atoms with E-state index in [-0.39, 0.29) is 12.3 Å². The second-order valence-corrected chi connectivity index (χ2v) is 7.79. The summed E-state index contributed by atoms with van der Waals surface area (Å²) in [4.78, 5) is 26.4. The van der Waals surface area contributed by atoms with Gasteiger partial charge in [0.15, 0.2) is 5.78 Å². The molecule has 0 radical (unpaired) electrons. The highest BCUT2D eigenvalue weighted by molar-refractivity contribution is 6.14. The fourth-order valence-corrected chi connectivity index (χ4v) is 3.30. The van der Waals surface area contributed by atoms with Crippen LogP contribution in [0, 0.1) is 5.41 Å². The highest BCUT2D eigenvalue weighted by Gasteiger charge is 2.50. The molecule has 136 valence electrons. The monoisotopic (exact) mass is 351 g/mol. The Labute approximate surface area is 154 Å². The zero-order chi connectivity index (χ0) is 18.8. The average molecular weight is 351 g/mol. The number of benzene rings is 2. The van der Waals surface area contributed by atoms with Crippen LogP contribution in [0.1, 0.15) is 43.1 Å². The van der Waals surface area contributed by atoms with Crippen LogP contribution in [0.25, 0.3) is 0 Å². The largest absolute Gasteiger partial charge is 0.459 e. The maximum atomic E-state index is 13.3. The topological polar surface area (TPSA) is 55.4 Å². The number of ether oxygens (including phenoxy) is 1. The maximum absolute atomic E-state index is 13.3. The Balaban J connectivity index is 1.94. The van der Waals surface area contributed by atoms with Gasteiger partial charge in [0.2, 0.25) is 0 Å². The van der Waals surface area contributed by atoms with Crippen molar-refractivity contribution >= 4 is 17.4 Å². The Morgan fingerprint density at radius 1 is 1.08 bits per heavy atom. The van der Waals surface area contributed by atoms with Crippen LogP contribution in [0.5, 0.6) is 0 Å². The van der Waals surface area contributed by atoms with Crippen molar-refractivity contribution < 1.29 is 14.3 Å². The molecule has 3 rings (SSSR count). The maximum Gasteiger partial charge on any atom is 0.322 e. The number of Topliss-reactive ketones (excluding diaryl/α,β-unsaturated/α-hetero) is 1. The molecule has 0 spiro atoms. The van der Waals surface area contributed by atoms with Crippen molar-refractivity contribution in [3.8, 4) is 0 Å². The smallest absolute Gasteiger partial charge is 0.322 e. The van der Waals surface area contributed by atoms with Crippen molar-refractivity contribution in [1.82, 2.24) is 0 Å². The minimum absolute atomic E-state index is 0.156. The first-order valence-corrected chi connectivity index (χ1v) is 8.97. The van der Waals surface area contributed by atoms with E-state index in [0.29, 0.717) is 18.4 Å². The minimum Gasteiger partial charge on any atom is -0.459 e. The van der Waals surface area contributed by atoms with Crippen LogP contribution in [0.3, 0.4) is 0 Å². The molecule has 0 unspecified atom stereocenters. The third-order valence-electron chi connectivity index (χ3n) is 4.68. The first-order chi connectivity index (χ1) is 12.3. The van der Waals surface area contributed by atoms with E-state index in [4.69, 9.17) is 4.74 Å². The first-order valence-electron chi connectivity index (χ1n) is 8.97. The van der Waals surface area contributed by atoms with Gasteiger partial charge >= 0.3 is 5.97 Å². The predicted molar refractivity (Wildman–Crippen MR) is 102 cm³/mol. The Morgan fingerprint density at radius 2 is 1.73 bits per heavy atom. The van der Waals surface area contributed by atoms with Gasteiger partial charge in [-0.3, -0.25) is 9.59 Å². The van der Waals surface area contributed by atoms with E-state index in [1.807, 2.05) is 69.3 Å². The number of esters is 1. The summed E-state index contributed by atoms with van der Waals surface area (Å²) in [6.07, 6.45) is 1.12. The van der Waals surface area contributed by atoms with Crippen LogP contribution in [0.4, 0.5) is 5.69 Å². The van der Waals surface area contributed by atoms with Crippen LogP contribution in [0.15, 0.2) is 54.6 Å². The van der Waals surface area contributed by atoms with E-state index >= 15 is 0 Å². The number of ketones is 1. The van der Waals surface area contributed by atoms with Crippen molar-refractivity contribution in [2.75, 3.05) is 11.9 Å². The number of anilines is 1. The third kappa shape index (κ3) is 3.64. The minimum atomic E-state index is -1.21. The molecular formula is C22H25NO3. The van der Waals surface area contributed by atoms with E-state index < -0.39 is 17.0 Å². The number of carbonyl (C=O) groups is 2. The van der Waals surface area contributed by atoms with Gasteiger partial charge in [-0.25, -0.2) is 0 Å². The van der Waals surface area contributed by atoms with Gasteiger partial charge in [-0.2, -0.15) is 0 Å². The van der Waals surface area contributed by atoms with Gasteiger partial charge in [0.25, 0.3) is 0 Å². The normalized spacial score (nSPS) is 19.6. The molecule has 2 aromatic rings. The molecular weight excluding hydrogens is 326 g/mol. The number of hydrogen-bond acceptors (Lipinski definition) is 4. The van der Waals surface area contributed by atoms with E-state index in [0.717, 1.165) is 11.3 Å². The van der Waals surface area contributed by atoms with Crippen LogP contribution >= 0.6 is 0 Å². The molecule has 0 saturated heterocycles. The molecule has 1 atom stereocenters. The molecule has 1 N–H and O–H groups in total. The van der Waals surface area contributed by atoms with E-state index in [1.165, 1.54) is 0 Å². The van der Waals surface area contributed by atoms with Crippen LogP contribution in [-0.4, -0.2) is 23.9 Å². The van der Waals surface area contributed by atoms with Gasteiger partial charge in [-0.1, -0.05) is 42.5 Å². The van der Waals surface area contributed by atoms with E-state index in [2.05, 4.69) is 5.32 Å². The lowest BCUT2D eigenvalue weighted by molar-refractivity contribution is -0.164. The van der Waals surface area contributed by atoms with Gasteiger partial charge in [-0.15, -0.1) is 0 Å². The first kappa shape index (κ1) is 18.2. The van der Waals surface area contributed by atoms with Crippen LogP contribution in [0.2, 0.25) is 0 Å². The van der Waals surface area contributed by atoms with E-state index in [1.54, 1.807) is 6.07 Å². The van der Waals surface area contributed by atoms with Crippen molar-refractivity contribution in [1.29, 1.82) is 0 Å². The van der Waals surface area contributed by atoms with Crippen LogP contribution in [-0.2, 0) is 16.0 Å². The Hall–Kier alpha value is -2.62. The number of rotatable bonds is 4. The van der Waals surface area contributed by atoms with Gasteiger partial charge in [0.05, 0.1) is 0 Å². The Kier molecular flexibility index (Phi) is 4.86. The van der Waals surface area contributed by atoms with Crippen LogP contribution < -0.4 is 5.32 Å². The molecule has 0 saturated carbocycles. The van der Waals surface area contributed by atoms with Crippen molar-refractivity contribution in [2.45, 2.75) is 39.2 Å². The van der Waals surface area contributed by atoms with Gasteiger partial charge in [0.1, 0.15) is 11.0 Å². The summed E-state index contributed by atoms with van der Waals surface area (Å²) in [7, 11) is 0. The molecule has 0 aliphatic heterocycles. The molecule has 0 bridgehead atoms. The summed E-state index contributed by atoms with van der Waals surface area (Å²) in [6, 6.07) is 17.1. The lowest BCUT2D eigenvalue weighted by atomic mass is 9.70. The number of carbonyl (C=O) groups excluding carboxylic acids is 2. The van der Waals surface area contributed by atoms with Crippen molar-refractivity contribution in [3.05, 3.63) is 65.7 Å². The molecule has 0 heterocycles. The molecule has 26 heavy (non-hydrogen) atoms. The molecule has 0 aromatic heterocycles. The van der Waals surface area contributed by atoms with Gasteiger partial charge in [0, 0.05) is 17.8 Å². The Morgan fingerprint density at radius 3 is 2.42 bits per heavy atom. The summed E-state index contributed by atoms with van der Waals surface area (Å²) in [5.74, 6) is -0.607. The molecule has 1 aliphatic carbocycles. The molecule has 4 nitrogen and oxygen atoms in total. The number of para-hydroxylation sites is 1. The fraction of sp³-hybridized carbons (Fsp3) is 0.364. The third-order valence-corrected chi connectivity index (χ3v) is 4.68. The standard InChI is InChI=1S/C22H25NO3/c1-21(2,3)26-20(25)22(15-23-17-10-5-4-6-11-17)14-13-16-9-7-8-12-18(16)19(22)24/h4-12,23H,13-15H2,1-3H3/t22-/m1/s1. The zero-order valence-electron chi connectivity index (χ0n) is 15.5. The zero-order valence-corrected chi connectivity index (χ0v) is 15.5. The molecule has 0 fully saturated rings. The fourth-order valence-electron chi connectivity index (χ4n) is 3.30. The lowest BCUT2D eigenvalue weighted by Crippen LogP contribution is -2.50. The summed E-state index contributed by atoms with van der Waals surface area (Å²) < 4.78 is 5.65. The second-order valence-electron chi connectivity index (χ2n) is 7.79. The number of hydrogen-bond donors (Lipinski definition) is 1. The molecule has 0 amide bonds. The Bertz CT molecular complexity index is 808. The summed E-state index contributed by atoms with van der Waals surface area (Å²) in [5.41, 5.74) is 0.643. The van der Waals surface area contributed by atoms with Crippen molar-refractivity contribution in [3.63, 3.8) is 0 Å². The number of fused-ring (bicyclic) bond motifs is 1. The highest BCUT2D eigenvalue weighted by Crippen LogP contribution is 2.38. The average Bonchev–Trinajstić information content (AvgIpc) is 2.61. The van der Waals surface area contributed by atoms with Crippen molar-refractivity contribution in [2.24, 2.45) is 5.41 Å². The summed E-state index contributed by atoms with van der Waals surface area (Å²) >= 11 is 0. The predicted octanol–water partition coefficient (Wildman–Crippen LogP) is 4.26. The quantitative estimate of drug-likeness (QED) is 0.661. The lowest BCUT2D eigenvalue weighted by Gasteiger charge is -2.37. The molecule has 4 heteroatoms. The molecule has 1 aliphatic rings. The van der Waals surface area contributed by atoms with Gasteiger partial charge < -0.3 is 10.1 Å². The number of nitrogens with one attached hydrogen (secondary N) is 1. The number of aryl methyl sites for hydroxylation is 1. The highest BCUT2D eigenvalue weighted by atomic mass is 16.6. The SMILES string of the molecule is CC(C)(C)OC(=O)[C@@]1(CNc2ccccc2)CCc2ccccc2C1=O. The molecule has 2 aromatic carbocycles. The van der Waals surface area contributed by atoms with E-state index in [9.17, 15) is 9.59 Å². The summed E-state index contributed by atoms with van der Waals surface area (Å²) in [5, 5.41) is 3.26.